The minimum atomic E-state index is 0.680. The maximum atomic E-state index is 6.11. The molecule has 0 heterocycles. The predicted octanol–water partition coefficient (Wildman–Crippen LogP) is 3.95. The summed E-state index contributed by atoms with van der Waals surface area (Å²) >= 11 is 6.11. The van der Waals surface area contributed by atoms with Gasteiger partial charge in [0.15, 0.2) is 0 Å². The number of aryl methyl sites for hydroxylation is 1. The summed E-state index contributed by atoms with van der Waals surface area (Å²) in [6.07, 6.45) is 6.74. The highest BCUT2D eigenvalue weighted by Crippen LogP contribution is 2.25. The van der Waals surface area contributed by atoms with Crippen LogP contribution in [0.25, 0.3) is 0 Å². The molecule has 1 aromatic carbocycles. The van der Waals surface area contributed by atoms with Gasteiger partial charge in [-0.2, -0.15) is 0 Å². The Labute approximate surface area is 115 Å². The van der Waals surface area contributed by atoms with Crippen molar-refractivity contribution < 1.29 is 4.74 Å². The van der Waals surface area contributed by atoms with Gasteiger partial charge in [0.05, 0.1) is 5.02 Å². The standard InChI is InChI=1S/C15H22ClNO/c1-12-7-8-15(14(16)11-12)18-10-9-17-13-5-3-2-4-6-13/h7-8,11,13,17H,2-6,9-10H2,1H3. The summed E-state index contributed by atoms with van der Waals surface area (Å²) in [6.45, 7) is 3.61. The Bertz CT molecular complexity index is 375. The molecule has 1 aliphatic carbocycles. The molecule has 2 rings (SSSR count). The topological polar surface area (TPSA) is 21.3 Å². The van der Waals surface area contributed by atoms with E-state index in [1.807, 2.05) is 25.1 Å². The molecule has 0 aliphatic heterocycles. The Morgan fingerprint density at radius 3 is 2.78 bits per heavy atom. The van der Waals surface area contributed by atoms with Gasteiger partial charge in [-0.05, 0) is 37.5 Å². The Kier molecular flexibility index (Phi) is 5.33. The molecule has 1 fully saturated rings. The summed E-state index contributed by atoms with van der Waals surface area (Å²) in [5.41, 5.74) is 1.16. The van der Waals surface area contributed by atoms with E-state index in [9.17, 15) is 0 Å². The number of nitrogens with one attached hydrogen (secondary N) is 1. The molecule has 1 saturated carbocycles. The number of benzene rings is 1. The van der Waals surface area contributed by atoms with Crippen LogP contribution in [0, 0.1) is 6.92 Å². The van der Waals surface area contributed by atoms with E-state index < -0.39 is 0 Å². The first kappa shape index (κ1) is 13.7. The molecule has 0 bridgehead atoms. The molecule has 1 aromatic rings. The van der Waals surface area contributed by atoms with Crippen LogP contribution in [-0.2, 0) is 0 Å². The number of rotatable bonds is 5. The zero-order chi connectivity index (χ0) is 12.8. The molecule has 1 aliphatic rings. The number of ether oxygens (including phenoxy) is 1. The van der Waals surface area contributed by atoms with Crippen LogP contribution in [0.5, 0.6) is 5.75 Å². The van der Waals surface area contributed by atoms with E-state index in [-0.39, 0.29) is 0 Å². The van der Waals surface area contributed by atoms with E-state index in [1.165, 1.54) is 32.1 Å². The molecule has 0 aromatic heterocycles. The highest BCUT2D eigenvalue weighted by molar-refractivity contribution is 6.32. The van der Waals surface area contributed by atoms with Gasteiger partial charge in [0, 0.05) is 12.6 Å². The first-order valence-corrected chi connectivity index (χ1v) is 7.26. The van der Waals surface area contributed by atoms with Crippen molar-refractivity contribution in [1.82, 2.24) is 5.32 Å². The van der Waals surface area contributed by atoms with Crippen LogP contribution in [0.4, 0.5) is 0 Å². The molecule has 0 radical (unpaired) electrons. The van der Waals surface area contributed by atoms with Crippen molar-refractivity contribution in [2.75, 3.05) is 13.2 Å². The quantitative estimate of drug-likeness (QED) is 0.816. The zero-order valence-electron chi connectivity index (χ0n) is 11.0. The predicted molar refractivity (Wildman–Crippen MR) is 76.6 cm³/mol. The van der Waals surface area contributed by atoms with E-state index >= 15 is 0 Å². The van der Waals surface area contributed by atoms with Crippen LogP contribution in [0.2, 0.25) is 5.02 Å². The molecule has 18 heavy (non-hydrogen) atoms. The van der Waals surface area contributed by atoms with Gasteiger partial charge in [-0.25, -0.2) is 0 Å². The van der Waals surface area contributed by atoms with Crippen molar-refractivity contribution >= 4 is 11.6 Å². The summed E-state index contributed by atoms with van der Waals surface area (Å²) in [5.74, 6) is 0.785. The lowest BCUT2D eigenvalue weighted by molar-refractivity contribution is 0.289. The van der Waals surface area contributed by atoms with Crippen LogP contribution in [-0.4, -0.2) is 19.2 Å². The van der Waals surface area contributed by atoms with E-state index in [1.54, 1.807) is 0 Å². The summed E-state index contributed by atoms with van der Waals surface area (Å²) in [6, 6.07) is 6.59. The van der Waals surface area contributed by atoms with Gasteiger partial charge < -0.3 is 10.1 Å². The fraction of sp³-hybridized carbons (Fsp3) is 0.600. The molecule has 2 nitrogen and oxygen atoms in total. The third kappa shape index (κ3) is 4.18. The minimum Gasteiger partial charge on any atom is -0.491 e. The van der Waals surface area contributed by atoms with Crippen LogP contribution in [0.1, 0.15) is 37.7 Å². The van der Waals surface area contributed by atoms with Gasteiger partial charge in [-0.15, -0.1) is 0 Å². The fourth-order valence-electron chi connectivity index (χ4n) is 2.45. The zero-order valence-corrected chi connectivity index (χ0v) is 11.8. The lowest BCUT2D eigenvalue weighted by Crippen LogP contribution is -2.34. The second kappa shape index (κ2) is 7.01. The third-order valence-electron chi connectivity index (χ3n) is 3.49. The Balaban J connectivity index is 1.68. The van der Waals surface area contributed by atoms with Gasteiger partial charge in [0.25, 0.3) is 0 Å². The second-order valence-electron chi connectivity index (χ2n) is 5.07. The largest absolute Gasteiger partial charge is 0.491 e. The normalized spacial score (nSPS) is 16.8. The molecular weight excluding hydrogens is 246 g/mol. The second-order valence-corrected chi connectivity index (χ2v) is 5.48. The van der Waals surface area contributed by atoms with E-state index in [2.05, 4.69) is 5.32 Å². The summed E-state index contributed by atoms with van der Waals surface area (Å²) in [4.78, 5) is 0. The monoisotopic (exact) mass is 267 g/mol. The van der Waals surface area contributed by atoms with Gasteiger partial charge in [-0.1, -0.05) is 36.9 Å². The smallest absolute Gasteiger partial charge is 0.137 e. The van der Waals surface area contributed by atoms with Crippen molar-refractivity contribution in [3.63, 3.8) is 0 Å². The van der Waals surface area contributed by atoms with Crippen molar-refractivity contribution in [1.29, 1.82) is 0 Å². The first-order chi connectivity index (χ1) is 8.75. The van der Waals surface area contributed by atoms with E-state index in [0.29, 0.717) is 17.7 Å². The summed E-state index contributed by atoms with van der Waals surface area (Å²) < 4.78 is 5.69. The van der Waals surface area contributed by atoms with Gasteiger partial charge in [-0.3, -0.25) is 0 Å². The Hall–Kier alpha value is -0.730. The van der Waals surface area contributed by atoms with Crippen molar-refractivity contribution in [3.8, 4) is 5.75 Å². The minimum absolute atomic E-state index is 0.680. The molecule has 0 amide bonds. The van der Waals surface area contributed by atoms with E-state index in [4.69, 9.17) is 16.3 Å². The SMILES string of the molecule is Cc1ccc(OCCNC2CCCCC2)c(Cl)c1. The molecule has 3 heteroatoms. The van der Waals surface area contributed by atoms with Gasteiger partial charge in [0.1, 0.15) is 12.4 Å². The maximum absolute atomic E-state index is 6.11. The van der Waals surface area contributed by atoms with Crippen LogP contribution in [0.3, 0.4) is 0 Å². The maximum Gasteiger partial charge on any atom is 0.137 e. The molecule has 100 valence electrons. The van der Waals surface area contributed by atoms with Crippen molar-refractivity contribution in [2.24, 2.45) is 0 Å². The average Bonchev–Trinajstić information content (AvgIpc) is 2.38. The first-order valence-electron chi connectivity index (χ1n) is 6.88. The molecule has 0 spiro atoms. The van der Waals surface area contributed by atoms with Crippen LogP contribution < -0.4 is 10.1 Å². The highest BCUT2D eigenvalue weighted by atomic mass is 35.5. The lowest BCUT2D eigenvalue weighted by atomic mass is 9.96. The van der Waals surface area contributed by atoms with E-state index in [0.717, 1.165) is 17.9 Å². The summed E-state index contributed by atoms with van der Waals surface area (Å²) in [5, 5.41) is 4.26. The molecule has 0 unspecified atom stereocenters. The highest BCUT2D eigenvalue weighted by Gasteiger charge is 2.11. The van der Waals surface area contributed by atoms with Crippen molar-refractivity contribution in [3.05, 3.63) is 28.8 Å². The van der Waals surface area contributed by atoms with Gasteiger partial charge in [0.2, 0.25) is 0 Å². The molecule has 0 atom stereocenters. The van der Waals surface area contributed by atoms with Gasteiger partial charge >= 0.3 is 0 Å². The number of hydrogen-bond donors (Lipinski definition) is 1. The lowest BCUT2D eigenvalue weighted by Gasteiger charge is -2.22. The number of halogens is 1. The van der Waals surface area contributed by atoms with Crippen LogP contribution >= 0.6 is 11.6 Å². The summed E-state index contributed by atoms with van der Waals surface area (Å²) in [7, 11) is 0. The number of hydrogen-bond acceptors (Lipinski definition) is 2. The molecule has 0 saturated heterocycles. The average molecular weight is 268 g/mol. The Morgan fingerprint density at radius 2 is 2.06 bits per heavy atom. The van der Waals surface area contributed by atoms with Crippen LogP contribution in [0.15, 0.2) is 18.2 Å². The Morgan fingerprint density at radius 1 is 1.28 bits per heavy atom. The molecule has 1 N–H and O–H groups in total. The fourth-order valence-corrected chi connectivity index (χ4v) is 2.74. The third-order valence-corrected chi connectivity index (χ3v) is 3.78. The molecular formula is C15H22ClNO. The van der Waals surface area contributed by atoms with Crippen molar-refractivity contribution in [2.45, 2.75) is 45.1 Å².